The van der Waals surface area contributed by atoms with Gasteiger partial charge in [-0.25, -0.2) is 0 Å². The first-order valence-electron chi connectivity index (χ1n) is 7.64. The van der Waals surface area contributed by atoms with E-state index in [0.717, 1.165) is 30.2 Å². The van der Waals surface area contributed by atoms with E-state index in [9.17, 15) is 4.79 Å². The van der Waals surface area contributed by atoms with E-state index in [-0.39, 0.29) is 11.9 Å². The fourth-order valence-electron chi connectivity index (χ4n) is 2.55. The molecule has 2 aromatic rings. The molecule has 0 spiro atoms. The summed E-state index contributed by atoms with van der Waals surface area (Å²) in [5, 5.41) is 7.59. The van der Waals surface area contributed by atoms with Gasteiger partial charge in [0, 0.05) is 11.6 Å². The number of benzene rings is 1. The second kappa shape index (κ2) is 8.38. The quantitative estimate of drug-likeness (QED) is 0.830. The Morgan fingerprint density at radius 2 is 2.04 bits per heavy atom. The predicted molar refractivity (Wildman–Crippen MR) is 94.1 cm³/mol. The van der Waals surface area contributed by atoms with Crippen molar-refractivity contribution in [2.24, 2.45) is 0 Å². The maximum atomic E-state index is 12.3. The van der Waals surface area contributed by atoms with E-state index in [2.05, 4.69) is 33.7 Å². The van der Waals surface area contributed by atoms with Gasteiger partial charge in [-0.15, -0.1) is 5.10 Å². The summed E-state index contributed by atoms with van der Waals surface area (Å²) in [7, 11) is 0. The number of nitrogens with zero attached hydrogens (tertiary/aromatic N) is 3. The molecule has 1 atom stereocenters. The minimum absolute atomic E-state index is 0.0313. The minimum Gasteiger partial charge on any atom is -0.349 e. The van der Waals surface area contributed by atoms with Crippen molar-refractivity contribution in [3.05, 3.63) is 45.4 Å². The number of rotatable bonds is 7. The predicted octanol–water partition coefficient (Wildman–Crippen LogP) is 3.31. The Morgan fingerprint density at radius 3 is 2.61 bits per heavy atom. The third-order valence-corrected chi connectivity index (χ3v) is 5.00. The van der Waals surface area contributed by atoms with Gasteiger partial charge in [0.15, 0.2) is 0 Å². The van der Waals surface area contributed by atoms with Crippen molar-refractivity contribution in [1.29, 1.82) is 0 Å². The van der Waals surface area contributed by atoms with Crippen LogP contribution < -0.4 is 5.32 Å². The smallest absolute Gasteiger partial charge is 0.265 e. The minimum atomic E-state index is -0.137. The summed E-state index contributed by atoms with van der Waals surface area (Å²) in [5.41, 5.74) is 1.68. The number of aromatic nitrogens is 2. The van der Waals surface area contributed by atoms with Crippen LogP contribution in [0.1, 0.15) is 40.8 Å². The molecule has 0 aliphatic rings. The van der Waals surface area contributed by atoms with Gasteiger partial charge in [0.05, 0.1) is 11.7 Å². The molecule has 0 saturated carbocycles. The number of hydrogen-bond acceptors (Lipinski definition) is 5. The van der Waals surface area contributed by atoms with Gasteiger partial charge < -0.3 is 5.32 Å². The number of aryl methyl sites for hydroxylation is 1. The molecular formula is C16H21ClN4OS. The third-order valence-electron chi connectivity index (χ3n) is 3.83. The molecule has 0 radical (unpaired) electrons. The maximum Gasteiger partial charge on any atom is 0.265 e. The van der Waals surface area contributed by atoms with Crippen LogP contribution in [0, 0.1) is 6.92 Å². The van der Waals surface area contributed by atoms with E-state index < -0.39 is 0 Å². The fourth-order valence-corrected chi connectivity index (χ4v) is 3.39. The van der Waals surface area contributed by atoms with Crippen LogP contribution >= 0.6 is 23.1 Å². The first-order chi connectivity index (χ1) is 11.1. The van der Waals surface area contributed by atoms with Gasteiger partial charge in [-0.1, -0.05) is 48.1 Å². The maximum absolute atomic E-state index is 12.3. The molecule has 1 N–H and O–H groups in total. The topological polar surface area (TPSA) is 58.1 Å². The van der Waals surface area contributed by atoms with E-state index in [0.29, 0.717) is 22.1 Å². The average Bonchev–Trinajstić information content (AvgIpc) is 2.98. The van der Waals surface area contributed by atoms with Gasteiger partial charge in [0.1, 0.15) is 4.88 Å². The lowest BCUT2D eigenvalue weighted by atomic mass is 10.0. The molecule has 2 rings (SSSR count). The van der Waals surface area contributed by atoms with Crippen molar-refractivity contribution in [3.8, 4) is 0 Å². The van der Waals surface area contributed by atoms with Gasteiger partial charge in [-0.05, 0) is 43.2 Å². The lowest BCUT2D eigenvalue weighted by Gasteiger charge is -2.30. The lowest BCUT2D eigenvalue weighted by molar-refractivity contribution is 0.0938. The Morgan fingerprint density at radius 1 is 1.35 bits per heavy atom. The SMILES string of the molecule is CCN(CC)[C@@H](CNC(=O)c1snnc1C)c1ccccc1Cl. The zero-order chi connectivity index (χ0) is 16.8. The highest BCUT2D eigenvalue weighted by Gasteiger charge is 2.22. The van der Waals surface area contributed by atoms with Gasteiger partial charge in [0.25, 0.3) is 5.91 Å². The Kier molecular flexibility index (Phi) is 6.50. The molecule has 7 heteroatoms. The molecule has 0 aliphatic carbocycles. The fraction of sp³-hybridized carbons (Fsp3) is 0.438. The van der Waals surface area contributed by atoms with Crippen LogP contribution in [0.2, 0.25) is 5.02 Å². The van der Waals surface area contributed by atoms with Crippen LogP contribution in [0.5, 0.6) is 0 Å². The van der Waals surface area contributed by atoms with Crippen molar-refractivity contribution in [1.82, 2.24) is 19.8 Å². The third kappa shape index (κ3) is 4.28. The van der Waals surface area contributed by atoms with Crippen LogP contribution in [0.4, 0.5) is 0 Å². The molecular weight excluding hydrogens is 332 g/mol. The molecule has 0 fully saturated rings. The van der Waals surface area contributed by atoms with Gasteiger partial charge in [-0.3, -0.25) is 9.69 Å². The van der Waals surface area contributed by atoms with Crippen LogP contribution in [-0.2, 0) is 0 Å². The molecule has 23 heavy (non-hydrogen) atoms. The lowest BCUT2D eigenvalue weighted by Crippen LogP contribution is -2.38. The van der Waals surface area contributed by atoms with E-state index in [1.165, 1.54) is 0 Å². The van der Waals surface area contributed by atoms with Crippen LogP contribution in [0.25, 0.3) is 0 Å². The summed E-state index contributed by atoms with van der Waals surface area (Å²) in [6.07, 6.45) is 0. The number of nitrogens with one attached hydrogen (secondary N) is 1. The molecule has 0 aliphatic heterocycles. The molecule has 0 bridgehead atoms. The highest BCUT2D eigenvalue weighted by atomic mass is 35.5. The van der Waals surface area contributed by atoms with Crippen LogP contribution in [-0.4, -0.2) is 40.0 Å². The Bertz CT molecular complexity index is 657. The molecule has 5 nitrogen and oxygen atoms in total. The van der Waals surface area contributed by atoms with Crippen LogP contribution in [0.15, 0.2) is 24.3 Å². The van der Waals surface area contributed by atoms with Crippen molar-refractivity contribution in [2.75, 3.05) is 19.6 Å². The molecule has 1 heterocycles. The summed E-state index contributed by atoms with van der Waals surface area (Å²) >= 11 is 7.48. The first kappa shape index (κ1) is 17.8. The standard InChI is InChI=1S/C16H21ClN4OS/c1-4-21(5-2)14(12-8-6-7-9-13(12)17)10-18-16(22)15-11(3)19-20-23-15/h6-9,14H,4-5,10H2,1-3H3,(H,18,22)/t14-/m0/s1. The molecule has 1 aromatic carbocycles. The summed E-state index contributed by atoms with van der Waals surface area (Å²) in [4.78, 5) is 15.1. The van der Waals surface area contributed by atoms with E-state index in [1.807, 2.05) is 24.3 Å². The largest absolute Gasteiger partial charge is 0.349 e. The summed E-state index contributed by atoms with van der Waals surface area (Å²) in [5.74, 6) is -0.137. The summed E-state index contributed by atoms with van der Waals surface area (Å²) < 4.78 is 3.81. The van der Waals surface area contributed by atoms with Gasteiger partial charge in [-0.2, -0.15) is 0 Å². The number of halogens is 1. The highest BCUT2D eigenvalue weighted by molar-refractivity contribution is 7.07. The Hall–Kier alpha value is -1.50. The zero-order valence-corrected chi connectivity index (χ0v) is 15.1. The van der Waals surface area contributed by atoms with Crippen LogP contribution in [0.3, 0.4) is 0 Å². The van der Waals surface area contributed by atoms with E-state index in [1.54, 1.807) is 6.92 Å². The monoisotopic (exact) mass is 352 g/mol. The van der Waals surface area contributed by atoms with E-state index in [4.69, 9.17) is 11.6 Å². The zero-order valence-electron chi connectivity index (χ0n) is 13.5. The van der Waals surface area contributed by atoms with Crippen molar-refractivity contribution in [2.45, 2.75) is 26.8 Å². The average molecular weight is 353 g/mol. The van der Waals surface area contributed by atoms with Gasteiger partial charge >= 0.3 is 0 Å². The molecule has 124 valence electrons. The van der Waals surface area contributed by atoms with E-state index >= 15 is 0 Å². The van der Waals surface area contributed by atoms with Crippen molar-refractivity contribution < 1.29 is 4.79 Å². The number of carbonyl (C=O) groups is 1. The molecule has 1 amide bonds. The Labute approximate surface area is 145 Å². The molecule has 0 saturated heterocycles. The van der Waals surface area contributed by atoms with Crippen molar-refractivity contribution >= 4 is 29.0 Å². The first-order valence-corrected chi connectivity index (χ1v) is 8.79. The number of likely N-dealkylation sites (N-methyl/N-ethyl adjacent to an activating group) is 1. The van der Waals surface area contributed by atoms with Crippen molar-refractivity contribution in [3.63, 3.8) is 0 Å². The molecule has 0 unspecified atom stereocenters. The molecule has 1 aromatic heterocycles. The second-order valence-corrected chi connectivity index (χ2v) is 6.32. The number of amides is 1. The van der Waals surface area contributed by atoms with Gasteiger partial charge in [0.2, 0.25) is 0 Å². The summed E-state index contributed by atoms with van der Waals surface area (Å²) in [6.45, 7) is 8.24. The normalized spacial score (nSPS) is 12.4. The second-order valence-electron chi connectivity index (χ2n) is 5.16. The number of carbonyl (C=O) groups excluding carboxylic acids is 1. The summed E-state index contributed by atoms with van der Waals surface area (Å²) in [6, 6.07) is 7.81. The Balaban J connectivity index is 2.17. The highest BCUT2D eigenvalue weighted by Crippen LogP contribution is 2.27. The number of hydrogen-bond donors (Lipinski definition) is 1.